The lowest BCUT2D eigenvalue weighted by molar-refractivity contribution is -0.115. The number of aromatic nitrogens is 1. The average Bonchev–Trinajstić information content (AvgIpc) is 2.84. The molecule has 1 aromatic heterocycles. The van der Waals surface area contributed by atoms with Crippen molar-refractivity contribution >= 4 is 33.1 Å². The zero-order valence-electron chi connectivity index (χ0n) is 12.0. The van der Waals surface area contributed by atoms with E-state index in [0.29, 0.717) is 6.42 Å². The average molecular weight is 296 g/mol. The summed E-state index contributed by atoms with van der Waals surface area (Å²) in [5.41, 5.74) is 4.03. The fourth-order valence-corrected chi connectivity index (χ4v) is 3.16. The fraction of sp³-hybridized carbons (Fsp3) is 0.176. The predicted octanol–water partition coefficient (Wildman–Crippen LogP) is 4.09. The molecule has 106 valence electrons. The molecule has 0 saturated heterocycles. The first-order chi connectivity index (χ1) is 10.1. The summed E-state index contributed by atoms with van der Waals surface area (Å²) in [5.74, 6) is -0.0252. The Hall–Kier alpha value is -2.20. The largest absolute Gasteiger partial charge is 0.325 e. The highest BCUT2D eigenvalue weighted by molar-refractivity contribution is 7.18. The number of nitrogens with zero attached hydrogens (tertiary/aromatic N) is 1. The molecule has 4 heteroatoms. The van der Waals surface area contributed by atoms with Crippen molar-refractivity contribution in [1.82, 2.24) is 4.98 Å². The number of fused-ring (bicyclic) bond motifs is 1. The van der Waals surface area contributed by atoms with Crippen LogP contribution in [0.25, 0.3) is 10.2 Å². The highest BCUT2D eigenvalue weighted by atomic mass is 32.1. The normalized spacial score (nSPS) is 10.8. The van der Waals surface area contributed by atoms with E-state index in [4.69, 9.17) is 0 Å². The van der Waals surface area contributed by atoms with E-state index in [1.807, 2.05) is 56.3 Å². The van der Waals surface area contributed by atoms with Gasteiger partial charge in [-0.1, -0.05) is 24.3 Å². The van der Waals surface area contributed by atoms with Crippen molar-refractivity contribution < 1.29 is 4.79 Å². The van der Waals surface area contributed by atoms with Crippen LogP contribution < -0.4 is 5.32 Å². The summed E-state index contributed by atoms with van der Waals surface area (Å²) in [7, 11) is 0. The number of hydrogen-bond acceptors (Lipinski definition) is 3. The van der Waals surface area contributed by atoms with Gasteiger partial charge >= 0.3 is 0 Å². The third kappa shape index (κ3) is 3.11. The molecule has 0 atom stereocenters. The minimum absolute atomic E-state index is 0.0252. The van der Waals surface area contributed by atoms with Gasteiger partial charge in [-0.15, -0.1) is 11.3 Å². The van der Waals surface area contributed by atoms with Gasteiger partial charge in [0, 0.05) is 5.69 Å². The number of carbonyl (C=O) groups excluding carboxylic acids is 1. The molecule has 2 aromatic carbocycles. The topological polar surface area (TPSA) is 42.0 Å². The lowest BCUT2D eigenvalue weighted by Gasteiger charge is -2.08. The third-order valence-corrected chi connectivity index (χ3v) is 4.35. The Bertz CT molecular complexity index is 774. The Morgan fingerprint density at radius 2 is 2.00 bits per heavy atom. The van der Waals surface area contributed by atoms with Gasteiger partial charge in [-0.25, -0.2) is 4.98 Å². The smallest absolute Gasteiger partial charge is 0.231 e. The molecule has 3 aromatic rings. The second-order valence-corrected chi connectivity index (χ2v) is 6.23. The molecule has 3 rings (SSSR count). The molecule has 0 aliphatic heterocycles. The Morgan fingerprint density at radius 1 is 1.19 bits per heavy atom. The highest BCUT2D eigenvalue weighted by Crippen LogP contribution is 2.22. The molecule has 0 unspecified atom stereocenters. The zero-order chi connectivity index (χ0) is 14.8. The van der Waals surface area contributed by atoms with Gasteiger partial charge in [0.15, 0.2) is 0 Å². The van der Waals surface area contributed by atoms with Crippen molar-refractivity contribution in [3.05, 3.63) is 58.6 Å². The molecule has 21 heavy (non-hydrogen) atoms. The summed E-state index contributed by atoms with van der Waals surface area (Å²) < 4.78 is 1.12. The van der Waals surface area contributed by atoms with Crippen LogP contribution >= 0.6 is 11.3 Å². The lowest BCUT2D eigenvalue weighted by atomic mass is 10.1. The minimum atomic E-state index is -0.0252. The van der Waals surface area contributed by atoms with Crippen LogP contribution in [0.4, 0.5) is 5.69 Å². The molecule has 0 aliphatic rings. The van der Waals surface area contributed by atoms with Crippen LogP contribution in [0.2, 0.25) is 0 Å². The Balaban J connectivity index is 1.75. The summed E-state index contributed by atoms with van der Waals surface area (Å²) in [6.07, 6.45) is 0.312. The van der Waals surface area contributed by atoms with E-state index in [9.17, 15) is 4.79 Å². The monoisotopic (exact) mass is 296 g/mol. The number of rotatable bonds is 3. The molecule has 0 bridgehead atoms. The van der Waals surface area contributed by atoms with Gasteiger partial charge in [-0.3, -0.25) is 4.79 Å². The summed E-state index contributed by atoms with van der Waals surface area (Å²) in [6.45, 7) is 4.01. The van der Waals surface area contributed by atoms with Crippen molar-refractivity contribution in [3.63, 3.8) is 0 Å². The maximum Gasteiger partial charge on any atom is 0.231 e. The first kappa shape index (κ1) is 13.8. The number of thiazole rings is 1. The third-order valence-electron chi connectivity index (χ3n) is 3.32. The van der Waals surface area contributed by atoms with Gasteiger partial charge in [-0.2, -0.15) is 0 Å². The van der Waals surface area contributed by atoms with Crippen LogP contribution in [0.5, 0.6) is 0 Å². The van der Waals surface area contributed by atoms with E-state index >= 15 is 0 Å². The maximum absolute atomic E-state index is 12.2. The maximum atomic E-state index is 12.2. The van der Waals surface area contributed by atoms with E-state index in [1.165, 1.54) is 0 Å². The quantitative estimate of drug-likeness (QED) is 0.791. The SMILES string of the molecule is Cc1ccc(C)c(NC(=O)Cc2nc3ccccc3s2)c1. The van der Waals surface area contributed by atoms with E-state index < -0.39 is 0 Å². The fourth-order valence-electron chi connectivity index (χ4n) is 2.20. The van der Waals surface area contributed by atoms with Gasteiger partial charge in [0.05, 0.1) is 16.6 Å². The van der Waals surface area contributed by atoms with Crippen LogP contribution in [0.15, 0.2) is 42.5 Å². The van der Waals surface area contributed by atoms with Crippen molar-refractivity contribution in [3.8, 4) is 0 Å². The standard InChI is InChI=1S/C17H16N2OS/c1-11-7-8-12(2)14(9-11)18-16(20)10-17-19-13-5-3-4-6-15(13)21-17/h3-9H,10H2,1-2H3,(H,18,20). The van der Waals surface area contributed by atoms with Crippen molar-refractivity contribution in [2.24, 2.45) is 0 Å². The number of nitrogens with one attached hydrogen (secondary N) is 1. The van der Waals surface area contributed by atoms with Crippen LogP contribution in [-0.4, -0.2) is 10.9 Å². The number of para-hydroxylation sites is 1. The van der Waals surface area contributed by atoms with Crippen LogP contribution in [0.1, 0.15) is 16.1 Å². The zero-order valence-corrected chi connectivity index (χ0v) is 12.8. The van der Waals surface area contributed by atoms with Gasteiger partial charge in [-0.05, 0) is 43.2 Å². The number of aryl methyl sites for hydroxylation is 2. The van der Waals surface area contributed by atoms with Crippen LogP contribution in [0.3, 0.4) is 0 Å². The van der Waals surface area contributed by atoms with Gasteiger partial charge in [0.25, 0.3) is 0 Å². The Morgan fingerprint density at radius 3 is 2.81 bits per heavy atom. The van der Waals surface area contributed by atoms with Crippen LogP contribution in [-0.2, 0) is 11.2 Å². The van der Waals surface area contributed by atoms with Gasteiger partial charge in [0.1, 0.15) is 5.01 Å². The van der Waals surface area contributed by atoms with E-state index in [2.05, 4.69) is 10.3 Å². The van der Waals surface area contributed by atoms with Crippen molar-refractivity contribution in [1.29, 1.82) is 0 Å². The summed E-state index contributed by atoms with van der Waals surface area (Å²) in [5, 5.41) is 3.82. The second-order valence-electron chi connectivity index (χ2n) is 5.12. The molecular formula is C17H16N2OS. The van der Waals surface area contributed by atoms with Crippen molar-refractivity contribution in [2.75, 3.05) is 5.32 Å². The van der Waals surface area contributed by atoms with E-state index in [-0.39, 0.29) is 5.91 Å². The van der Waals surface area contributed by atoms with E-state index in [0.717, 1.165) is 32.0 Å². The van der Waals surface area contributed by atoms with Crippen LogP contribution in [0, 0.1) is 13.8 Å². The molecule has 3 nitrogen and oxygen atoms in total. The number of benzene rings is 2. The molecule has 0 aliphatic carbocycles. The molecule has 0 spiro atoms. The first-order valence-corrected chi connectivity index (χ1v) is 7.65. The van der Waals surface area contributed by atoms with Crippen molar-refractivity contribution in [2.45, 2.75) is 20.3 Å². The number of hydrogen-bond donors (Lipinski definition) is 1. The number of anilines is 1. The highest BCUT2D eigenvalue weighted by Gasteiger charge is 2.10. The molecular weight excluding hydrogens is 280 g/mol. The summed E-state index contributed by atoms with van der Waals surface area (Å²) in [4.78, 5) is 16.7. The van der Waals surface area contributed by atoms with Gasteiger partial charge < -0.3 is 5.32 Å². The summed E-state index contributed by atoms with van der Waals surface area (Å²) >= 11 is 1.57. The number of carbonyl (C=O) groups is 1. The molecule has 0 saturated carbocycles. The second kappa shape index (κ2) is 5.66. The number of amides is 1. The molecule has 0 fully saturated rings. The lowest BCUT2D eigenvalue weighted by Crippen LogP contribution is -2.15. The predicted molar refractivity (Wildman–Crippen MR) is 87.9 cm³/mol. The molecule has 0 radical (unpaired) electrons. The molecule has 1 heterocycles. The minimum Gasteiger partial charge on any atom is -0.325 e. The Labute approximate surface area is 127 Å². The molecule has 1 amide bonds. The first-order valence-electron chi connectivity index (χ1n) is 6.83. The van der Waals surface area contributed by atoms with E-state index in [1.54, 1.807) is 11.3 Å². The summed E-state index contributed by atoms with van der Waals surface area (Å²) in [6, 6.07) is 14.0. The van der Waals surface area contributed by atoms with Gasteiger partial charge in [0.2, 0.25) is 5.91 Å². The molecule has 1 N–H and O–H groups in total. The Kier molecular flexibility index (Phi) is 3.71.